The zero-order valence-corrected chi connectivity index (χ0v) is 9.47. The fourth-order valence-electron chi connectivity index (χ4n) is 1.61. The van der Waals surface area contributed by atoms with Crippen molar-refractivity contribution in [2.75, 3.05) is 6.54 Å². The van der Waals surface area contributed by atoms with Gasteiger partial charge in [0.1, 0.15) is 0 Å². The number of rotatable bonds is 4. The minimum absolute atomic E-state index is 0.0623. The number of hydrogen-bond acceptors (Lipinski definition) is 2. The predicted octanol–water partition coefficient (Wildman–Crippen LogP) is 1.28. The minimum atomic E-state index is 0.0623. The van der Waals surface area contributed by atoms with Gasteiger partial charge >= 0.3 is 0 Å². The second kappa shape index (κ2) is 4.30. The summed E-state index contributed by atoms with van der Waals surface area (Å²) in [6.45, 7) is 6.78. The molecule has 0 heterocycles. The van der Waals surface area contributed by atoms with Crippen molar-refractivity contribution < 1.29 is 4.79 Å². The molecule has 3 N–H and O–H groups in total. The molecule has 1 aliphatic rings. The van der Waals surface area contributed by atoms with Crippen LogP contribution in [0.1, 0.15) is 40.0 Å². The lowest BCUT2D eigenvalue weighted by Gasteiger charge is -2.21. The maximum atomic E-state index is 11.6. The van der Waals surface area contributed by atoms with Crippen LogP contribution in [0.2, 0.25) is 0 Å². The van der Waals surface area contributed by atoms with E-state index in [1.807, 2.05) is 0 Å². The van der Waals surface area contributed by atoms with E-state index in [-0.39, 0.29) is 17.4 Å². The van der Waals surface area contributed by atoms with E-state index in [0.717, 1.165) is 0 Å². The summed E-state index contributed by atoms with van der Waals surface area (Å²) in [5, 5.41) is 3.02. The Morgan fingerprint density at radius 2 is 2.07 bits per heavy atom. The van der Waals surface area contributed by atoms with Crippen LogP contribution in [-0.4, -0.2) is 18.5 Å². The molecule has 0 aromatic rings. The van der Waals surface area contributed by atoms with Crippen LogP contribution in [0.25, 0.3) is 0 Å². The molecule has 1 fully saturated rings. The van der Waals surface area contributed by atoms with E-state index in [2.05, 4.69) is 26.1 Å². The van der Waals surface area contributed by atoms with Crippen LogP contribution in [0.4, 0.5) is 0 Å². The van der Waals surface area contributed by atoms with Gasteiger partial charge in [-0.15, -0.1) is 0 Å². The van der Waals surface area contributed by atoms with E-state index < -0.39 is 0 Å². The maximum Gasteiger partial charge on any atom is 0.220 e. The fourth-order valence-corrected chi connectivity index (χ4v) is 1.61. The number of amides is 1. The summed E-state index contributed by atoms with van der Waals surface area (Å²) < 4.78 is 0. The summed E-state index contributed by atoms with van der Waals surface area (Å²) in [6.07, 6.45) is 3.02. The van der Waals surface area contributed by atoms with Crippen LogP contribution in [0.15, 0.2) is 0 Å². The SMILES string of the molecule is CC(C)(C)CC(=O)NC(CN)C1CC1. The summed E-state index contributed by atoms with van der Waals surface area (Å²) in [6, 6.07) is 0.213. The normalized spacial score (nSPS) is 19.1. The molecule has 0 aromatic carbocycles. The summed E-state index contributed by atoms with van der Waals surface area (Å²) in [7, 11) is 0. The zero-order valence-electron chi connectivity index (χ0n) is 9.47. The fraction of sp³-hybridized carbons (Fsp3) is 0.909. The van der Waals surface area contributed by atoms with E-state index in [9.17, 15) is 4.79 Å². The molecule has 1 saturated carbocycles. The quantitative estimate of drug-likeness (QED) is 0.715. The molecule has 0 bridgehead atoms. The van der Waals surface area contributed by atoms with Crippen LogP contribution in [0.3, 0.4) is 0 Å². The Morgan fingerprint density at radius 3 is 2.43 bits per heavy atom. The monoisotopic (exact) mass is 198 g/mol. The Balaban J connectivity index is 2.31. The number of nitrogens with two attached hydrogens (primary N) is 1. The Kier molecular flexibility index (Phi) is 3.53. The molecule has 3 heteroatoms. The zero-order chi connectivity index (χ0) is 10.8. The number of carbonyl (C=O) groups excluding carboxylic acids is 1. The molecule has 14 heavy (non-hydrogen) atoms. The molecule has 82 valence electrons. The molecule has 3 nitrogen and oxygen atoms in total. The molecule has 1 aliphatic carbocycles. The highest BCUT2D eigenvalue weighted by Gasteiger charge is 2.31. The summed E-state index contributed by atoms with van der Waals surface area (Å²) >= 11 is 0. The summed E-state index contributed by atoms with van der Waals surface area (Å²) in [5.41, 5.74) is 5.67. The van der Waals surface area contributed by atoms with Gasteiger partial charge in [-0.1, -0.05) is 20.8 Å². The van der Waals surface area contributed by atoms with E-state index in [0.29, 0.717) is 18.9 Å². The van der Waals surface area contributed by atoms with Gasteiger partial charge < -0.3 is 11.1 Å². The lowest BCUT2D eigenvalue weighted by Crippen LogP contribution is -2.42. The average molecular weight is 198 g/mol. The molecule has 1 rings (SSSR count). The van der Waals surface area contributed by atoms with Gasteiger partial charge in [0.15, 0.2) is 0 Å². The number of nitrogens with one attached hydrogen (secondary N) is 1. The minimum Gasteiger partial charge on any atom is -0.352 e. The third-order valence-electron chi connectivity index (χ3n) is 2.48. The number of carbonyl (C=O) groups is 1. The van der Waals surface area contributed by atoms with Gasteiger partial charge in [-0.05, 0) is 24.2 Å². The molecule has 1 unspecified atom stereocenters. The Hall–Kier alpha value is -0.570. The maximum absolute atomic E-state index is 11.6. The molecule has 0 aromatic heterocycles. The van der Waals surface area contributed by atoms with Crippen molar-refractivity contribution in [1.82, 2.24) is 5.32 Å². The third kappa shape index (κ3) is 4.09. The van der Waals surface area contributed by atoms with E-state index in [1.54, 1.807) is 0 Å². The number of hydrogen-bond donors (Lipinski definition) is 2. The van der Waals surface area contributed by atoms with Crippen LogP contribution < -0.4 is 11.1 Å². The Morgan fingerprint density at radius 1 is 1.50 bits per heavy atom. The van der Waals surface area contributed by atoms with E-state index >= 15 is 0 Å². The highest BCUT2D eigenvalue weighted by Crippen LogP contribution is 2.32. The third-order valence-corrected chi connectivity index (χ3v) is 2.48. The largest absolute Gasteiger partial charge is 0.352 e. The summed E-state index contributed by atoms with van der Waals surface area (Å²) in [5.74, 6) is 0.781. The Bertz CT molecular complexity index is 204. The van der Waals surface area contributed by atoms with E-state index in [1.165, 1.54) is 12.8 Å². The van der Waals surface area contributed by atoms with Crippen LogP contribution >= 0.6 is 0 Å². The second-order valence-corrected chi connectivity index (χ2v) is 5.48. The van der Waals surface area contributed by atoms with Crippen molar-refractivity contribution in [3.05, 3.63) is 0 Å². The van der Waals surface area contributed by atoms with Crippen LogP contribution in [0.5, 0.6) is 0 Å². The first kappa shape index (κ1) is 11.5. The van der Waals surface area contributed by atoms with Gasteiger partial charge in [0.05, 0.1) is 0 Å². The van der Waals surface area contributed by atoms with Crippen molar-refractivity contribution in [2.24, 2.45) is 17.1 Å². The van der Waals surface area contributed by atoms with Crippen LogP contribution in [-0.2, 0) is 4.79 Å². The van der Waals surface area contributed by atoms with Gasteiger partial charge in [-0.25, -0.2) is 0 Å². The smallest absolute Gasteiger partial charge is 0.220 e. The first-order valence-corrected chi connectivity index (χ1v) is 5.42. The highest BCUT2D eigenvalue weighted by atomic mass is 16.1. The molecule has 1 amide bonds. The lowest BCUT2D eigenvalue weighted by molar-refractivity contribution is -0.123. The first-order valence-electron chi connectivity index (χ1n) is 5.42. The molecule has 1 atom stereocenters. The molecule has 0 radical (unpaired) electrons. The molecule has 0 spiro atoms. The molecule has 0 aliphatic heterocycles. The molecular formula is C11H22N2O. The van der Waals surface area contributed by atoms with Crippen molar-refractivity contribution in [1.29, 1.82) is 0 Å². The van der Waals surface area contributed by atoms with Crippen LogP contribution in [0, 0.1) is 11.3 Å². The topological polar surface area (TPSA) is 55.1 Å². The van der Waals surface area contributed by atoms with Crippen molar-refractivity contribution in [3.8, 4) is 0 Å². The van der Waals surface area contributed by atoms with Crippen molar-refractivity contribution in [2.45, 2.75) is 46.1 Å². The average Bonchev–Trinajstić information content (AvgIpc) is 2.78. The van der Waals surface area contributed by atoms with Gasteiger partial charge in [-0.2, -0.15) is 0 Å². The van der Waals surface area contributed by atoms with E-state index in [4.69, 9.17) is 5.73 Å². The molecule has 0 saturated heterocycles. The second-order valence-electron chi connectivity index (χ2n) is 5.48. The summed E-state index contributed by atoms with van der Waals surface area (Å²) in [4.78, 5) is 11.6. The highest BCUT2D eigenvalue weighted by molar-refractivity contribution is 5.77. The van der Waals surface area contributed by atoms with Gasteiger partial charge in [0, 0.05) is 19.0 Å². The Labute approximate surface area is 86.4 Å². The van der Waals surface area contributed by atoms with Gasteiger partial charge in [0.25, 0.3) is 0 Å². The predicted molar refractivity (Wildman–Crippen MR) is 57.8 cm³/mol. The van der Waals surface area contributed by atoms with Crippen molar-refractivity contribution in [3.63, 3.8) is 0 Å². The van der Waals surface area contributed by atoms with Crippen molar-refractivity contribution >= 4 is 5.91 Å². The van der Waals surface area contributed by atoms with Gasteiger partial charge in [-0.3, -0.25) is 4.79 Å². The lowest BCUT2D eigenvalue weighted by atomic mass is 9.92. The van der Waals surface area contributed by atoms with Gasteiger partial charge in [0.2, 0.25) is 5.91 Å². The first-order chi connectivity index (χ1) is 6.42. The standard InChI is InChI=1S/C11H22N2O/c1-11(2,3)6-10(14)13-9(7-12)8-4-5-8/h8-9H,4-7,12H2,1-3H3,(H,13,14). The molecular weight excluding hydrogens is 176 g/mol.